The van der Waals surface area contributed by atoms with Gasteiger partial charge in [-0.15, -0.1) is 0 Å². The average Bonchev–Trinajstić information content (AvgIpc) is 2.90. The van der Waals surface area contributed by atoms with Gasteiger partial charge in [-0.05, 0) is 36.8 Å². The lowest BCUT2D eigenvalue weighted by atomic mass is 10.1. The van der Waals surface area contributed by atoms with Gasteiger partial charge in [0.25, 0.3) is 0 Å². The van der Waals surface area contributed by atoms with E-state index in [-0.39, 0.29) is 6.04 Å². The number of rotatable bonds is 4. The minimum absolute atomic E-state index is 0.181. The van der Waals surface area contributed by atoms with E-state index in [4.69, 9.17) is 13.9 Å². The molecule has 3 rings (SSSR count). The zero-order valence-corrected chi connectivity index (χ0v) is 11.6. The van der Waals surface area contributed by atoms with E-state index < -0.39 is 0 Å². The molecular formula is C16H19NO3. The number of fused-ring (bicyclic) bond motifs is 1. The zero-order valence-electron chi connectivity index (χ0n) is 11.6. The molecule has 1 aliphatic rings. The number of furan rings is 1. The molecule has 0 fully saturated rings. The Balaban J connectivity index is 1.64. The van der Waals surface area contributed by atoms with Gasteiger partial charge in [0.2, 0.25) is 0 Å². The molecule has 1 aliphatic heterocycles. The Morgan fingerprint density at radius 1 is 1.15 bits per heavy atom. The van der Waals surface area contributed by atoms with Crippen LogP contribution in [0.4, 0.5) is 0 Å². The molecule has 1 aromatic heterocycles. The van der Waals surface area contributed by atoms with Gasteiger partial charge < -0.3 is 19.2 Å². The van der Waals surface area contributed by atoms with Crippen molar-refractivity contribution in [3.05, 3.63) is 47.9 Å². The van der Waals surface area contributed by atoms with Crippen molar-refractivity contribution in [2.75, 3.05) is 13.2 Å². The van der Waals surface area contributed by atoms with E-state index in [9.17, 15) is 0 Å². The van der Waals surface area contributed by atoms with Crippen LogP contribution in [-0.4, -0.2) is 13.2 Å². The fourth-order valence-corrected chi connectivity index (χ4v) is 2.23. The molecular weight excluding hydrogens is 254 g/mol. The molecule has 0 spiro atoms. The number of nitrogens with one attached hydrogen (secondary N) is 1. The molecule has 106 valence electrons. The molecule has 2 aromatic rings. The summed E-state index contributed by atoms with van der Waals surface area (Å²) in [5.74, 6) is 2.62. The maximum atomic E-state index is 5.70. The molecule has 4 heteroatoms. The van der Waals surface area contributed by atoms with Crippen molar-refractivity contribution in [1.29, 1.82) is 0 Å². The van der Waals surface area contributed by atoms with Crippen LogP contribution in [0.5, 0.6) is 11.5 Å². The molecule has 0 saturated carbocycles. The highest BCUT2D eigenvalue weighted by molar-refractivity contribution is 5.43. The molecule has 0 unspecified atom stereocenters. The number of hydrogen-bond donors (Lipinski definition) is 1. The van der Waals surface area contributed by atoms with E-state index in [0.717, 1.165) is 36.8 Å². The second-order valence-corrected chi connectivity index (χ2v) is 4.95. The number of ether oxygens (including phenoxy) is 2. The van der Waals surface area contributed by atoms with E-state index in [1.165, 1.54) is 5.56 Å². The average molecular weight is 273 g/mol. The van der Waals surface area contributed by atoms with Crippen molar-refractivity contribution in [2.45, 2.75) is 25.9 Å². The Bertz CT molecular complexity index is 551. The second kappa shape index (κ2) is 6.01. The maximum Gasteiger partial charge on any atom is 0.161 e. The molecule has 1 atom stereocenters. The quantitative estimate of drug-likeness (QED) is 0.928. The Labute approximate surface area is 118 Å². The van der Waals surface area contributed by atoms with Gasteiger partial charge in [-0.2, -0.15) is 0 Å². The van der Waals surface area contributed by atoms with E-state index in [2.05, 4.69) is 18.3 Å². The minimum Gasteiger partial charge on any atom is -0.490 e. The van der Waals surface area contributed by atoms with Crippen LogP contribution in [0.25, 0.3) is 0 Å². The molecule has 0 bridgehead atoms. The van der Waals surface area contributed by atoms with Crippen LogP contribution in [-0.2, 0) is 6.54 Å². The minimum atomic E-state index is 0.181. The Morgan fingerprint density at radius 3 is 2.80 bits per heavy atom. The Morgan fingerprint density at radius 2 is 2.00 bits per heavy atom. The van der Waals surface area contributed by atoms with Crippen LogP contribution in [0.3, 0.4) is 0 Å². The van der Waals surface area contributed by atoms with Crippen LogP contribution in [0.15, 0.2) is 41.0 Å². The predicted molar refractivity (Wildman–Crippen MR) is 76.0 cm³/mol. The van der Waals surface area contributed by atoms with Gasteiger partial charge in [-0.1, -0.05) is 6.07 Å². The van der Waals surface area contributed by atoms with Crippen molar-refractivity contribution in [2.24, 2.45) is 0 Å². The summed E-state index contributed by atoms with van der Waals surface area (Å²) in [5, 5.41) is 3.43. The summed E-state index contributed by atoms with van der Waals surface area (Å²) in [6.45, 7) is 4.28. The van der Waals surface area contributed by atoms with Crippen LogP contribution in [0, 0.1) is 0 Å². The van der Waals surface area contributed by atoms with Gasteiger partial charge in [-0.3, -0.25) is 0 Å². The molecule has 1 N–H and O–H groups in total. The molecule has 20 heavy (non-hydrogen) atoms. The molecule has 0 radical (unpaired) electrons. The van der Waals surface area contributed by atoms with E-state index in [1.807, 2.05) is 24.3 Å². The predicted octanol–water partition coefficient (Wildman–Crippen LogP) is 3.29. The zero-order chi connectivity index (χ0) is 13.8. The largest absolute Gasteiger partial charge is 0.490 e. The lowest BCUT2D eigenvalue weighted by molar-refractivity contribution is 0.297. The molecule has 2 heterocycles. The van der Waals surface area contributed by atoms with Crippen molar-refractivity contribution >= 4 is 0 Å². The maximum absolute atomic E-state index is 5.70. The SMILES string of the molecule is C[C@H](NCc1ccc2c(c1)OCCCO2)c1ccco1. The summed E-state index contributed by atoms with van der Waals surface area (Å²) in [6, 6.07) is 10.2. The smallest absolute Gasteiger partial charge is 0.161 e. The summed E-state index contributed by atoms with van der Waals surface area (Å²) in [5.41, 5.74) is 1.17. The van der Waals surface area contributed by atoms with Gasteiger partial charge in [0.05, 0.1) is 25.5 Å². The first kappa shape index (κ1) is 13.1. The highest BCUT2D eigenvalue weighted by Gasteiger charge is 2.12. The summed E-state index contributed by atoms with van der Waals surface area (Å²) < 4.78 is 16.7. The standard InChI is InChI=1S/C16H19NO3/c1-12(14-4-2-7-18-14)17-11-13-5-6-15-16(10-13)20-9-3-8-19-15/h2,4-7,10,12,17H,3,8-9,11H2,1H3/t12-/m0/s1. The van der Waals surface area contributed by atoms with Crippen molar-refractivity contribution < 1.29 is 13.9 Å². The van der Waals surface area contributed by atoms with Gasteiger partial charge in [0.15, 0.2) is 11.5 Å². The Hall–Kier alpha value is -1.94. The van der Waals surface area contributed by atoms with Crippen LogP contribution >= 0.6 is 0 Å². The first-order valence-corrected chi connectivity index (χ1v) is 6.98. The molecule has 0 saturated heterocycles. The molecule has 0 amide bonds. The highest BCUT2D eigenvalue weighted by Crippen LogP contribution is 2.30. The Kier molecular flexibility index (Phi) is 3.92. The van der Waals surface area contributed by atoms with Crippen LogP contribution in [0.1, 0.15) is 30.7 Å². The summed E-state index contributed by atoms with van der Waals surface area (Å²) in [7, 11) is 0. The third kappa shape index (κ3) is 2.96. The third-order valence-corrected chi connectivity index (χ3v) is 3.39. The lowest BCUT2D eigenvalue weighted by Crippen LogP contribution is -2.17. The molecule has 4 nitrogen and oxygen atoms in total. The van der Waals surface area contributed by atoms with Gasteiger partial charge in [0.1, 0.15) is 5.76 Å². The van der Waals surface area contributed by atoms with E-state index >= 15 is 0 Å². The van der Waals surface area contributed by atoms with Crippen molar-refractivity contribution in [1.82, 2.24) is 5.32 Å². The fourth-order valence-electron chi connectivity index (χ4n) is 2.23. The third-order valence-electron chi connectivity index (χ3n) is 3.39. The van der Waals surface area contributed by atoms with Gasteiger partial charge >= 0.3 is 0 Å². The van der Waals surface area contributed by atoms with E-state index in [1.54, 1.807) is 6.26 Å². The topological polar surface area (TPSA) is 43.6 Å². The summed E-state index contributed by atoms with van der Waals surface area (Å²) in [4.78, 5) is 0. The van der Waals surface area contributed by atoms with E-state index in [0.29, 0.717) is 6.61 Å². The molecule has 0 aliphatic carbocycles. The van der Waals surface area contributed by atoms with Crippen LogP contribution < -0.4 is 14.8 Å². The lowest BCUT2D eigenvalue weighted by Gasteiger charge is -2.13. The van der Waals surface area contributed by atoms with Crippen molar-refractivity contribution in [3.8, 4) is 11.5 Å². The second-order valence-electron chi connectivity index (χ2n) is 4.95. The van der Waals surface area contributed by atoms with Gasteiger partial charge in [0, 0.05) is 13.0 Å². The van der Waals surface area contributed by atoms with Gasteiger partial charge in [-0.25, -0.2) is 0 Å². The number of benzene rings is 1. The monoisotopic (exact) mass is 273 g/mol. The fraction of sp³-hybridized carbons (Fsp3) is 0.375. The first-order chi connectivity index (χ1) is 9.83. The van der Waals surface area contributed by atoms with Crippen LogP contribution in [0.2, 0.25) is 0 Å². The number of hydrogen-bond acceptors (Lipinski definition) is 4. The summed E-state index contributed by atoms with van der Waals surface area (Å²) >= 11 is 0. The molecule has 1 aromatic carbocycles. The van der Waals surface area contributed by atoms with Crippen molar-refractivity contribution in [3.63, 3.8) is 0 Å². The normalized spacial score (nSPS) is 15.7. The highest BCUT2D eigenvalue weighted by atomic mass is 16.5. The summed E-state index contributed by atoms with van der Waals surface area (Å²) in [6.07, 6.45) is 2.62. The first-order valence-electron chi connectivity index (χ1n) is 6.98.